The minimum atomic E-state index is 0.0705. The monoisotopic (exact) mass is 285 g/mol. The summed E-state index contributed by atoms with van der Waals surface area (Å²) >= 11 is 0. The Morgan fingerprint density at radius 3 is 2.86 bits per heavy atom. The van der Waals surface area contributed by atoms with Crippen LogP contribution in [0.5, 0.6) is 5.75 Å². The molecule has 1 aromatic carbocycles. The average molecular weight is 285 g/mol. The van der Waals surface area contributed by atoms with Gasteiger partial charge in [-0.25, -0.2) is 0 Å². The molecule has 0 N–H and O–H groups in total. The van der Waals surface area contributed by atoms with Crippen molar-refractivity contribution < 1.29 is 9.47 Å². The third-order valence-electron chi connectivity index (χ3n) is 5.62. The fourth-order valence-corrected chi connectivity index (χ4v) is 4.55. The van der Waals surface area contributed by atoms with E-state index in [4.69, 9.17) is 9.47 Å². The van der Waals surface area contributed by atoms with Crippen LogP contribution in [0.3, 0.4) is 0 Å². The second kappa shape index (κ2) is 4.85. The van der Waals surface area contributed by atoms with E-state index in [1.54, 1.807) is 12.7 Å². The molecule has 0 unspecified atom stereocenters. The summed E-state index contributed by atoms with van der Waals surface area (Å²) < 4.78 is 11.2. The zero-order chi connectivity index (χ0) is 14.4. The number of methoxy groups -OCH3 is 2. The Kier molecular flexibility index (Phi) is 3.09. The van der Waals surface area contributed by atoms with Gasteiger partial charge in [0.2, 0.25) is 0 Å². The lowest BCUT2D eigenvalue weighted by Gasteiger charge is -2.48. The summed E-state index contributed by atoms with van der Waals surface area (Å²) in [6, 6.07) is 6.62. The van der Waals surface area contributed by atoms with Gasteiger partial charge in [0, 0.05) is 26.6 Å². The molecule has 1 saturated heterocycles. The molecule has 0 amide bonds. The minimum Gasteiger partial charge on any atom is -0.497 e. The van der Waals surface area contributed by atoms with Gasteiger partial charge in [-0.3, -0.25) is 4.90 Å². The Morgan fingerprint density at radius 2 is 2.05 bits per heavy atom. The third kappa shape index (κ3) is 1.80. The van der Waals surface area contributed by atoms with Crippen LogP contribution in [0.2, 0.25) is 0 Å². The molecule has 2 atom stereocenters. The molecule has 1 aliphatic carbocycles. The largest absolute Gasteiger partial charge is 0.497 e. The minimum absolute atomic E-state index is 0.0705. The topological polar surface area (TPSA) is 21.7 Å². The molecule has 0 aromatic heterocycles. The predicted octanol–water partition coefficient (Wildman–Crippen LogP) is 2.89. The number of ether oxygens (including phenoxy) is 2. The third-order valence-corrected chi connectivity index (χ3v) is 5.62. The quantitative estimate of drug-likeness (QED) is 0.780. The lowest BCUT2D eigenvalue weighted by atomic mass is 9.71. The van der Waals surface area contributed by atoms with Gasteiger partial charge in [0.15, 0.2) is 0 Å². The normalized spacial score (nSPS) is 31.1. The van der Waals surface area contributed by atoms with Gasteiger partial charge >= 0.3 is 0 Å². The van der Waals surface area contributed by atoms with Gasteiger partial charge in [-0.05, 0) is 48.1 Å². The van der Waals surface area contributed by atoms with E-state index in [2.05, 4.69) is 29.2 Å². The molecule has 0 radical (unpaired) electrons. The summed E-state index contributed by atoms with van der Waals surface area (Å²) in [6.07, 6.45) is 7.24. The number of benzene rings is 1. The van der Waals surface area contributed by atoms with Gasteiger partial charge in [-0.2, -0.15) is 0 Å². The summed E-state index contributed by atoms with van der Waals surface area (Å²) in [5.74, 6) is 0.968. The summed E-state index contributed by atoms with van der Waals surface area (Å²) in [6.45, 7) is 2.34. The van der Waals surface area contributed by atoms with Crippen molar-refractivity contribution in [1.29, 1.82) is 0 Å². The van der Waals surface area contributed by atoms with Gasteiger partial charge in [0.05, 0.1) is 18.8 Å². The number of nitrogens with zero attached hydrogens (tertiary/aromatic N) is 1. The summed E-state index contributed by atoms with van der Waals surface area (Å²) in [5.41, 5.74) is 4.61. The molecule has 4 rings (SSSR count). The highest BCUT2D eigenvalue weighted by molar-refractivity contribution is 5.50. The van der Waals surface area contributed by atoms with Crippen LogP contribution in [0.1, 0.15) is 30.4 Å². The van der Waals surface area contributed by atoms with Gasteiger partial charge in [0.25, 0.3) is 0 Å². The van der Waals surface area contributed by atoms with Crippen LogP contribution in [0.25, 0.3) is 0 Å². The van der Waals surface area contributed by atoms with E-state index >= 15 is 0 Å². The fourth-order valence-electron chi connectivity index (χ4n) is 4.55. The van der Waals surface area contributed by atoms with Gasteiger partial charge in [-0.15, -0.1) is 0 Å². The molecule has 112 valence electrons. The van der Waals surface area contributed by atoms with E-state index in [1.165, 1.54) is 24.1 Å². The fraction of sp³-hybridized carbons (Fsp3) is 0.556. The first kappa shape index (κ1) is 13.4. The van der Waals surface area contributed by atoms with E-state index in [9.17, 15) is 0 Å². The molecule has 2 heterocycles. The molecule has 1 spiro atoms. The molecule has 0 bridgehead atoms. The van der Waals surface area contributed by atoms with Crippen LogP contribution >= 0.6 is 0 Å². The van der Waals surface area contributed by atoms with Crippen LogP contribution in [0, 0.1) is 0 Å². The Labute approximate surface area is 126 Å². The van der Waals surface area contributed by atoms with Crippen molar-refractivity contribution in [2.45, 2.75) is 37.3 Å². The molecular formula is C18H23NO2. The van der Waals surface area contributed by atoms with Crippen molar-refractivity contribution in [2.75, 3.05) is 27.3 Å². The second-order valence-corrected chi connectivity index (χ2v) is 6.40. The predicted molar refractivity (Wildman–Crippen MR) is 82.7 cm³/mol. The molecule has 2 aliphatic heterocycles. The maximum absolute atomic E-state index is 5.71. The van der Waals surface area contributed by atoms with E-state index in [0.29, 0.717) is 6.10 Å². The van der Waals surface area contributed by atoms with Gasteiger partial charge in [0.1, 0.15) is 5.75 Å². The van der Waals surface area contributed by atoms with E-state index < -0.39 is 0 Å². The average Bonchev–Trinajstić information content (AvgIpc) is 2.93. The van der Waals surface area contributed by atoms with Crippen molar-refractivity contribution in [3.8, 4) is 5.75 Å². The van der Waals surface area contributed by atoms with Crippen LogP contribution in [0.4, 0.5) is 0 Å². The Hall–Kier alpha value is -1.32. The molecule has 0 saturated carbocycles. The maximum Gasteiger partial charge on any atom is 0.119 e. The number of hydrogen-bond acceptors (Lipinski definition) is 3. The highest BCUT2D eigenvalue weighted by Gasteiger charge is 2.51. The SMILES string of the molecule is COc1ccc2c(c1)[C@]13C[C@@H](OC)CC=C1CCN3CC2. The zero-order valence-electron chi connectivity index (χ0n) is 12.9. The van der Waals surface area contributed by atoms with Gasteiger partial charge in [-0.1, -0.05) is 12.1 Å². The van der Waals surface area contributed by atoms with Crippen LogP contribution in [-0.2, 0) is 16.7 Å². The molecule has 21 heavy (non-hydrogen) atoms. The first-order valence-electron chi connectivity index (χ1n) is 7.92. The Morgan fingerprint density at radius 1 is 1.19 bits per heavy atom. The van der Waals surface area contributed by atoms with E-state index in [0.717, 1.165) is 31.6 Å². The smallest absolute Gasteiger partial charge is 0.119 e. The van der Waals surface area contributed by atoms with Crippen molar-refractivity contribution in [2.24, 2.45) is 0 Å². The van der Waals surface area contributed by atoms with Gasteiger partial charge < -0.3 is 9.47 Å². The molecule has 3 nitrogen and oxygen atoms in total. The lowest BCUT2D eigenvalue weighted by molar-refractivity contribution is 0.0290. The molecule has 3 heteroatoms. The highest BCUT2D eigenvalue weighted by atomic mass is 16.5. The van der Waals surface area contributed by atoms with Crippen LogP contribution in [0.15, 0.2) is 29.8 Å². The molecule has 3 aliphatic rings. The first-order valence-corrected chi connectivity index (χ1v) is 7.92. The van der Waals surface area contributed by atoms with Crippen molar-refractivity contribution in [3.05, 3.63) is 41.0 Å². The molecular weight excluding hydrogens is 262 g/mol. The Bertz CT molecular complexity index is 595. The maximum atomic E-state index is 5.71. The zero-order valence-corrected chi connectivity index (χ0v) is 12.9. The van der Waals surface area contributed by atoms with E-state index in [1.807, 2.05) is 7.11 Å². The molecule has 1 aromatic rings. The van der Waals surface area contributed by atoms with Crippen LogP contribution < -0.4 is 4.74 Å². The highest BCUT2D eigenvalue weighted by Crippen LogP contribution is 2.53. The Balaban J connectivity index is 1.89. The second-order valence-electron chi connectivity index (χ2n) is 6.40. The lowest BCUT2D eigenvalue weighted by Crippen LogP contribution is -2.50. The first-order chi connectivity index (χ1) is 10.3. The van der Waals surface area contributed by atoms with Crippen molar-refractivity contribution in [3.63, 3.8) is 0 Å². The standard InChI is InChI=1S/C18H23NO2/c1-20-15-5-3-13-7-9-19-10-8-14-4-6-16(21-2)12-18(14,19)17(13)11-15/h3-5,11,16H,6-10,12H2,1-2H3/t16-,18-/m0/s1. The summed E-state index contributed by atoms with van der Waals surface area (Å²) in [4.78, 5) is 2.67. The number of hydrogen-bond donors (Lipinski definition) is 0. The molecule has 1 fully saturated rings. The van der Waals surface area contributed by atoms with E-state index in [-0.39, 0.29) is 5.54 Å². The van der Waals surface area contributed by atoms with Crippen molar-refractivity contribution >= 4 is 0 Å². The van der Waals surface area contributed by atoms with Crippen molar-refractivity contribution in [1.82, 2.24) is 4.90 Å². The number of rotatable bonds is 2. The summed E-state index contributed by atoms with van der Waals surface area (Å²) in [5, 5.41) is 0. The number of fused-ring (bicyclic) bond motifs is 1. The summed E-state index contributed by atoms with van der Waals surface area (Å²) in [7, 11) is 3.60. The van der Waals surface area contributed by atoms with Crippen LogP contribution in [-0.4, -0.2) is 38.3 Å².